The molecule has 2 nitrogen and oxygen atoms in total. The molecule has 0 radical (unpaired) electrons. The molecule has 0 amide bonds. The second-order valence-electron chi connectivity index (χ2n) is 10.1. The first-order valence-electron chi connectivity index (χ1n) is 13.2. The van der Waals surface area contributed by atoms with Crippen LogP contribution in [0.1, 0.15) is 0 Å². The van der Waals surface area contributed by atoms with E-state index in [2.05, 4.69) is 107 Å². The summed E-state index contributed by atoms with van der Waals surface area (Å²) in [6, 6.07) is 50.4. The van der Waals surface area contributed by atoms with Crippen LogP contribution in [0, 0.1) is 0 Å². The minimum atomic E-state index is -3.22. The zero-order valence-electron chi connectivity index (χ0n) is 21.2. The number of aromatic nitrogens is 1. The third-order valence-corrected chi connectivity index (χ3v) is 11.0. The summed E-state index contributed by atoms with van der Waals surface area (Å²) >= 11 is 0. The van der Waals surface area contributed by atoms with Crippen LogP contribution in [-0.4, -0.2) is 4.34 Å². The highest BCUT2D eigenvalue weighted by molar-refractivity contribution is 7.78. The zero-order chi connectivity index (χ0) is 26.0. The second kappa shape index (κ2) is 8.43. The molecule has 8 rings (SSSR count). The molecule has 0 bridgehead atoms. The Morgan fingerprint density at radius 3 is 1.77 bits per heavy atom. The van der Waals surface area contributed by atoms with Gasteiger partial charge in [0.05, 0.1) is 11.0 Å². The summed E-state index contributed by atoms with van der Waals surface area (Å²) in [5, 5.41) is 3.99. The maximum absolute atomic E-state index is 15.6. The molecule has 3 heteroatoms. The molecule has 1 unspecified atom stereocenters. The standard InChI is InChI=1S/C36H24NOP/c38-39(29-16-8-3-9-17-29)35-19-11-10-18-30(35)32-23-28(26-14-6-2-7-15-26)24-33-31-22-27(25-12-4-1-5-13-25)20-21-34(31)37(39)36(32)33/h1-24H. The number of nitrogens with zero attached hydrogens (tertiary/aromatic N) is 1. The summed E-state index contributed by atoms with van der Waals surface area (Å²) in [7, 11) is -3.22. The van der Waals surface area contributed by atoms with Gasteiger partial charge in [-0.05, 0) is 70.3 Å². The molecule has 0 saturated carbocycles. The normalized spacial score (nSPS) is 15.9. The maximum Gasteiger partial charge on any atom is 0.234 e. The van der Waals surface area contributed by atoms with Gasteiger partial charge in [0, 0.05) is 26.9 Å². The van der Waals surface area contributed by atoms with Gasteiger partial charge in [-0.2, -0.15) is 0 Å². The molecule has 0 fully saturated rings. The summed E-state index contributed by atoms with van der Waals surface area (Å²) in [5.74, 6) is 0. The molecule has 184 valence electrons. The Morgan fingerprint density at radius 2 is 1.05 bits per heavy atom. The van der Waals surface area contributed by atoms with E-state index in [1.165, 1.54) is 11.1 Å². The van der Waals surface area contributed by atoms with E-state index in [4.69, 9.17) is 0 Å². The molecule has 1 atom stereocenters. The summed E-state index contributed by atoms with van der Waals surface area (Å²) < 4.78 is 17.8. The van der Waals surface area contributed by atoms with Gasteiger partial charge in [0.1, 0.15) is 0 Å². The maximum atomic E-state index is 15.6. The Morgan fingerprint density at radius 1 is 0.462 bits per heavy atom. The lowest BCUT2D eigenvalue weighted by Gasteiger charge is -2.30. The van der Waals surface area contributed by atoms with Gasteiger partial charge in [-0.1, -0.05) is 103 Å². The average molecular weight is 518 g/mol. The molecule has 39 heavy (non-hydrogen) atoms. The van der Waals surface area contributed by atoms with E-state index < -0.39 is 7.29 Å². The van der Waals surface area contributed by atoms with E-state index in [1.54, 1.807) is 0 Å². The minimum Gasteiger partial charge on any atom is -0.289 e. The van der Waals surface area contributed by atoms with E-state index in [1.807, 2.05) is 42.5 Å². The van der Waals surface area contributed by atoms with Crippen molar-refractivity contribution in [3.8, 4) is 33.4 Å². The van der Waals surface area contributed by atoms with Crippen LogP contribution in [0.25, 0.3) is 55.2 Å². The third-order valence-electron chi connectivity index (χ3n) is 7.96. The smallest absolute Gasteiger partial charge is 0.234 e. The fourth-order valence-corrected chi connectivity index (χ4v) is 9.27. The molecule has 1 aliphatic heterocycles. The van der Waals surface area contributed by atoms with Crippen LogP contribution in [0.3, 0.4) is 0 Å². The van der Waals surface area contributed by atoms with Gasteiger partial charge in [-0.15, -0.1) is 0 Å². The summed E-state index contributed by atoms with van der Waals surface area (Å²) in [4.78, 5) is 0. The topological polar surface area (TPSA) is 22.0 Å². The quantitative estimate of drug-likeness (QED) is 0.215. The lowest BCUT2D eigenvalue weighted by Crippen LogP contribution is -2.26. The first-order chi connectivity index (χ1) is 19.2. The summed E-state index contributed by atoms with van der Waals surface area (Å²) in [6.07, 6.45) is 0. The highest BCUT2D eigenvalue weighted by Crippen LogP contribution is 2.58. The van der Waals surface area contributed by atoms with Gasteiger partial charge in [-0.3, -0.25) is 8.90 Å². The number of hydrogen-bond donors (Lipinski definition) is 0. The number of hydrogen-bond acceptors (Lipinski definition) is 1. The Balaban J connectivity index is 1.57. The molecule has 6 aromatic carbocycles. The Bertz CT molecular complexity index is 2080. The van der Waals surface area contributed by atoms with Gasteiger partial charge in [0.15, 0.2) is 0 Å². The summed E-state index contributed by atoms with van der Waals surface area (Å²) in [5.41, 5.74) is 8.87. The van der Waals surface area contributed by atoms with Gasteiger partial charge in [0.2, 0.25) is 7.29 Å². The van der Waals surface area contributed by atoms with Crippen LogP contribution >= 0.6 is 7.29 Å². The van der Waals surface area contributed by atoms with Gasteiger partial charge < -0.3 is 0 Å². The van der Waals surface area contributed by atoms with Gasteiger partial charge in [0.25, 0.3) is 0 Å². The lowest BCUT2D eigenvalue weighted by molar-refractivity contribution is 0.583. The Hall–Kier alpha value is -4.65. The van der Waals surface area contributed by atoms with E-state index >= 15 is 4.57 Å². The van der Waals surface area contributed by atoms with E-state index in [0.29, 0.717) is 0 Å². The highest BCUT2D eigenvalue weighted by atomic mass is 31.2. The van der Waals surface area contributed by atoms with Crippen molar-refractivity contribution in [2.24, 2.45) is 0 Å². The van der Waals surface area contributed by atoms with E-state index in [-0.39, 0.29) is 0 Å². The molecule has 0 aliphatic carbocycles. The molecular formula is C36H24NOP. The molecule has 0 N–H and O–H groups in total. The first kappa shape index (κ1) is 22.3. The molecular weight excluding hydrogens is 493 g/mol. The average Bonchev–Trinajstić information content (AvgIpc) is 3.35. The van der Waals surface area contributed by atoms with E-state index in [0.717, 1.165) is 54.7 Å². The highest BCUT2D eigenvalue weighted by Gasteiger charge is 2.39. The van der Waals surface area contributed by atoms with Crippen molar-refractivity contribution >= 4 is 39.7 Å². The zero-order valence-corrected chi connectivity index (χ0v) is 22.1. The molecule has 7 aromatic rings. The van der Waals surface area contributed by atoms with Gasteiger partial charge >= 0.3 is 0 Å². The van der Waals surface area contributed by atoms with Crippen molar-refractivity contribution in [3.05, 3.63) is 146 Å². The molecule has 0 spiro atoms. The first-order valence-corrected chi connectivity index (χ1v) is 14.9. The van der Waals surface area contributed by atoms with Crippen molar-refractivity contribution in [2.45, 2.75) is 0 Å². The van der Waals surface area contributed by atoms with Crippen molar-refractivity contribution in [1.82, 2.24) is 4.34 Å². The van der Waals surface area contributed by atoms with Crippen molar-refractivity contribution in [3.63, 3.8) is 0 Å². The number of fused-ring (bicyclic) bond motifs is 5. The monoisotopic (exact) mass is 517 g/mol. The lowest BCUT2D eigenvalue weighted by atomic mass is 9.95. The molecule has 1 aliphatic rings. The van der Waals surface area contributed by atoms with Crippen molar-refractivity contribution < 1.29 is 4.57 Å². The van der Waals surface area contributed by atoms with Crippen LogP contribution in [0.15, 0.2) is 146 Å². The van der Waals surface area contributed by atoms with Crippen LogP contribution in [0.2, 0.25) is 0 Å². The molecule has 0 saturated heterocycles. The van der Waals surface area contributed by atoms with Crippen LogP contribution in [-0.2, 0) is 4.57 Å². The minimum absolute atomic E-state index is 0.848. The number of rotatable bonds is 3. The van der Waals surface area contributed by atoms with Crippen LogP contribution in [0.5, 0.6) is 0 Å². The molecule has 2 heterocycles. The second-order valence-corrected chi connectivity index (χ2v) is 12.7. The van der Waals surface area contributed by atoms with Crippen LogP contribution in [0.4, 0.5) is 0 Å². The van der Waals surface area contributed by atoms with Crippen molar-refractivity contribution in [1.29, 1.82) is 0 Å². The predicted molar refractivity (Wildman–Crippen MR) is 164 cm³/mol. The van der Waals surface area contributed by atoms with Gasteiger partial charge in [-0.25, -0.2) is 0 Å². The summed E-state index contributed by atoms with van der Waals surface area (Å²) in [6.45, 7) is 0. The molecule has 1 aromatic heterocycles. The number of benzene rings is 6. The Labute approximate surface area is 227 Å². The largest absolute Gasteiger partial charge is 0.289 e. The van der Waals surface area contributed by atoms with Crippen LogP contribution < -0.4 is 10.6 Å². The fraction of sp³-hybridized carbons (Fsp3) is 0. The predicted octanol–water partition coefficient (Wildman–Crippen LogP) is 8.89. The Kier molecular flexibility index (Phi) is 4.83. The fourth-order valence-electron chi connectivity index (χ4n) is 6.19. The van der Waals surface area contributed by atoms with E-state index in [9.17, 15) is 0 Å². The third kappa shape index (κ3) is 3.19. The van der Waals surface area contributed by atoms with Crippen molar-refractivity contribution in [2.75, 3.05) is 0 Å². The SMILES string of the molecule is O=P1(c2ccccc2)c2ccccc2-c2cc(-c3ccccc3)cc3c4cc(-c5ccccc5)ccc4n1c23.